The fourth-order valence-electron chi connectivity index (χ4n) is 3.38. The summed E-state index contributed by atoms with van der Waals surface area (Å²) in [5, 5.41) is 8.35. The third-order valence-electron chi connectivity index (χ3n) is 4.57. The van der Waals surface area contributed by atoms with Crippen LogP contribution in [0, 0.1) is 19.8 Å². The van der Waals surface area contributed by atoms with E-state index < -0.39 is 0 Å². The molecule has 1 saturated carbocycles. The highest BCUT2D eigenvalue weighted by atomic mass is 15.3. The van der Waals surface area contributed by atoms with Gasteiger partial charge in [0.1, 0.15) is 0 Å². The number of hydrogen-bond acceptors (Lipinski definition) is 2. The first kappa shape index (κ1) is 13.6. The summed E-state index contributed by atoms with van der Waals surface area (Å²) in [6.45, 7) is 8.94. The molecule has 1 aliphatic carbocycles. The van der Waals surface area contributed by atoms with Crippen molar-refractivity contribution >= 4 is 0 Å². The lowest BCUT2D eigenvalue weighted by Crippen LogP contribution is -2.39. The number of aromatic nitrogens is 2. The molecule has 0 aliphatic heterocycles. The first-order valence-corrected chi connectivity index (χ1v) is 7.26. The third-order valence-corrected chi connectivity index (χ3v) is 4.57. The van der Waals surface area contributed by atoms with Crippen LogP contribution in [0.2, 0.25) is 0 Å². The third kappa shape index (κ3) is 2.61. The van der Waals surface area contributed by atoms with Gasteiger partial charge in [-0.15, -0.1) is 0 Å². The van der Waals surface area contributed by atoms with Gasteiger partial charge in [-0.2, -0.15) is 5.10 Å². The molecule has 0 amide bonds. The van der Waals surface area contributed by atoms with Crippen molar-refractivity contribution in [3.05, 3.63) is 17.0 Å². The molecule has 0 radical (unpaired) electrons. The molecule has 3 nitrogen and oxygen atoms in total. The smallest absolute Gasteiger partial charge is 0.0644 e. The first-order chi connectivity index (χ1) is 8.50. The number of nitrogens with zero attached hydrogens (tertiary/aromatic N) is 2. The number of hydrogen-bond donors (Lipinski definition) is 1. The molecule has 18 heavy (non-hydrogen) atoms. The Hall–Kier alpha value is -0.830. The van der Waals surface area contributed by atoms with E-state index in [2.05, 4.69) is 38.1 Å². The Labute approximate surface area is 111 Å². The van der Waals surface area contributed by atoms with E-state index in [-0.39, 0.29) is 0 Å². The summed E-state index contributed by atoms with van der Waals surface area (Å²) < 4.78 is 1.99. The fraction of sp³-hybridized carbons (Fsp3) is 0.800. The zero-order valence-electron chi connectivity index (χ0n) is 12.5. The Kier molecular flexibility index (Phi) is 4.10. The quantitative estimate of drug-likeness (QED) is 0.891. The predicted octanol–water partition coefficient (Wildman–Crippen LogP) is 3.27. The first-order valence-electron chi connectivity index (χ1n) is 7.26. The molecule has 0 bridgehead atoms. The molecular formula is C15H27N3. The molecule has 1 aliphatic rings. The van der Waals surface area contributed by atoms with Gasteiger partial charge in [-0.05, 0) is 39.5 Å². The van der Waals surface area contributed by atoms with Crippen LogP contribution >= 0.6 is 0 Å². The van der Waals surface area contributed by atoms with E-state index in [0.29, 0.717) is 12.1 Å². The molecule has 1 aromatic rings. The minimum Gasteiger partial charge on any atom is -0.307 e. The van der Waals surface area contributed by atoms with Crippen molar-refractivity contribution in [2.24, 2.45) is 13.0 Å². The molecule has 1 N–H and O–H groups in total. The summed E-state index contributed by atoms with van der Waals surface area (Å²) >= 11 is 0. The Morgan fingerprint density at radius 3 is 2.50 bits per heavy atom. The van der Waals surface area contributed by atoms with Crippen molar-refractivity contribution in [2.45, 2.75) is 65.5 Å². The molecule has 3 heteroatoms. The molecule has 3 atom stereocenters. The average molecular weight is 249 g/mol. The largest absolute Gasteiger partial charge is 0.307 e. The van der Waals surface area contributed by atoms with E-state index >= 15 is 0 Å². The highest BCUT2D eigenvalue weighted by molar-refractivity contribution is 5.27. The lowest BCUT2D eigenvalue weighted by Gasteiger charge is -2.32. The van der Waals surface area contributed by atoms with Crippen molar-refractivity contribution in [3.63, 3.8) is 0 Å². The maximum Gasteiger partial charge on any atom is 0.0644 e. The second kappa shape index (κ2) is 5.43. The van der Waals surface area contributed by atoms with Crippen molar-refractivity contribution in [1.29, 1.82) is 0 Å². The summed E-state index contributed by atoms with van der Waals surface area (Å²) in [5.74, 6) is 0.804. The molecule has 0 spiro atoms. The van der Waals surface area contributed by atoms with Crippen molar-refractivity contribution in [3.8, 4) is 0 Å². The normalized spacial score (nSPS) is 26.3. The van der Waals surface area contributed by atoms with Crippen LogP contribution in [0.1, 0.15) is 62.5 Å². The number of aryl methyl sites for hydroxylation is 2. The Bertz CT molecular complexity index is 408. The maximum atomic E-state index is 4.52. The fourth-order valence-corrected chi connectivity index (χ4v) is 3.38. The van der Waals surface area contributed by atoms with E-state index in [0.717, 1.165) is 5.92 Å². The molecule has 1 heterocycles. The van der Waals surface area contributed by atoms with Gasteiger partial charge >= 0.3 is 0 Å². The molecule has 0 aromatic carbocycles. The van der Waals surface area contributed by atoms with Crippen LogP contribution in [-0.2, 0) is 7.05 Å². The lowest BCUT2D eigenvalue weighted by molar-refractivity contribution is 0.263. The summed E-state index contributed by atoms with van der Waals surface area (Å²) in [4.78, 5) is 0. The summed E-state index contributed by atoms with van der Waals surface area (Å²) in [6.07, 6.45) is 5.47. The Morgan fingerprint density at radius 1 is 1.28 bits per heavy atom. The van der Waals surface area contributed by atoms with Crippen LogP contribution < -0.4 is 5.32 Å². The topological polar surface area (TPSA) is 29.9 Å². The van der Waals surface area contributed by atoms with Gasteiger partial charge < -0.3 is 5.32 Å². The van der Waals surface area contributed by atoms with Gasteiger partial charge in [0.15, 0.2) is 0 Å². The van der Waals surface area contributed by atoms with Crippen LogP contribution in [-0.4, -0.2) is 15.8 Å². The second-order valence-corrected chi connectivity index (χ2v) is 5.96. The van der Waals surface area contributed by atoms with Gasteiger partial charge in [0.2, 0.25) is 0 Å². The molecular weight excluding hydrogens is 222 g/mol. The zero-order valence-corrected chi connectivity index (χ0v) is 12.5. The second-order valence-electron chi connectivity index (χ2n) is 5.96. The van der Waals surface area contributed by atoms with E-state index in [4.69, 9.17) is 0 Å². The van der Waals surface area contributed by atoms with E-state index in [1.807, 2.05) is 11.7 Å². The van der Waals surface area contributed by atoms with Crippen LogP contribution in [0.15, 0.2) is 0 Å². The van der Waals surface area contributed by atoms with Crippen LogP contribution in [0.3, 0.4) is 0 Å². The minimum absolute atomic E-state index is 0.407. The highest BCUT2D eigenvalue weighted by Gasteiger charge is 2.25. The average Bonchev–Trinajstić information content (AvgIpc) is 2.56. The lowest BCUT2D eigenvalue weighted by atomic mass is 9.85. The molecule has 1 fully saturated rings. The van der Waals surface area contributed by atoms with Crippen LogP contribution in [0.4, 0.5) is 0 Å². The molecule has 3 unspecified atom stereocenters. The number of nitrogens with one attached hydrogen (secondary N) is 1. The van der Waals surface area contributed by atoms with Crippen LogP contribution in [0.25, 0.3) is 0 Å². The van der Waals surface area contributed by atoms with Gasteiger partial charge in [0.05, 0.1) is 5.69 Å². The minimum atomic E-state index is 0.407. The molecule has 2 rings (SSSR count). The van der Waals surface area contributed by atoms with Crippen molar-refractivity contribution in [1.82, 2.24) is 15.1 Å². The van der Waals surface area contributed by atoms with E-state index in [9.17, 15) is 0 Å². The Balaban J connectivity index is 2.09. The number of rotatable bonds is 3. The summed E-state index contributed by atoms with van der Waals surface area (Å²) in [6, 6.07) is 1.08. The summed E-state index contributed by atoms with van der Waals surface area (Å²) in [7, 11) is 2.03. The molecule has 0 saturated heterocycles. The van der Waals surface area contributed by atoms with Crippen molar-refractivity contribution in [2.75, 3.05) is 0 Å². The summed E-state index contributed by atoms with van der Waals surface area (Å²) in [5.41, 5.74) is 3.84. The monoisotopic (exact) mass is 249 g/mol. The maximum absolute atomic E-state index is 4.52. The van der Waals surface area contributed by atoms with Crippen molar-refractivity contribution < 1.29 is 0 Å². The van der Waals surface area contributed by atoms with Crippen LogP contribution in [0.5, 0.6) is 0 Å². The Morgan fingerprint density at radius 2 is 1.94 bits per heavy atom. The van der Waals surface area contributed by atoms with Gasteiger partial charge in [-0.1, -0.05) is 19.8 Å². The molecule has 1 aromatic heterocycles. The standard InChI is InChI=1S/C15H27N3/c1-10-8-6-7-9-14(10)16-11(2)15-12(3)17-18(5)13(15)4/h10-11,14,16H,6-9H2,1-5H3. The van der Waals surface area contributed by atoms with Gasteiger partial charge in [-0.25, -0.2) is 0 Å². The predicted molar refractivity (Wildman–Crippen MR) is 75.7 cm³/mol. The van der Waals surface area contributed by atoms with Gasteiger partial charge in [-0.3, -0.25) is 4.68 Å². The van der Waals surface area contributed by atoms with E-state index in [1.165, 1.54) is 42.6 Å². The molecule has 102 valence electrons. The zero-order chi connectivity index (χ0) is 13.3. The SMILES string of the molecule is Cc1nn(C)c(C)c1C(C)NC1CCCCC1C. The van der Waals surface area contributed by atoms with Gasteiger partial charge in [0.25, 0.3) is 0 Å². The highest BCUT2D eigenvalue weighted by Crippen LogP contribution is 2.28. The van der Waals surface area contributed by atoms with E-state index in [1.54, 1.807) is 0 Å². The van der Waals surface area contributed by atoms with Gasteiger partial charge in [0, 0.05) is 30.4 Å².